The van der Waals surface area contributed by atoms with Crippen LogP contribution in [0.5, 0.6) is 0 Å². The number of H-pyrrole nitrogens is 1. The molecule has 0 aliphatic carbocycles. The van der Waals surface area contributed by atoms with Crippen molar-refractivity contribution in [3.05, 3.63) is 24.0 Å². The lowest BCUT2D eigenvalue weighted by molar-refractivity contribution is -0.137. The minimum absolute atomic E-state index is 0.239. The van der Waals surface area contributed by atoms with Crippen molar-refractivity contribution in [2.24, 2.45) is 0 Å². The normalized spacial score (nSPS) is 12.5. The predicted octanol–water partition coefficient (Wildman–Crippen LogP) is 0.396. The Morgan fingerprint density at radius 3 is 2.93 bits per heavy atom. The van der Waals surface area contributed by atoms with E-state index in [1.165, 1.54) is 11.8 Å². The first-order valence-corrected chi connectivity index (χ1v) is 4.66. The van der Waals surface area contributed by atoms with Gasteiger partial charge in [-0.2, -0.15) is 0 Å². The molecule has 0 saturated heterocycles. The Hall–Kier alpha value is -1.29. The van der Waals surface area contributed by atoms with Crippen molar-refractivity contribution >= 4 is 5.91 Å². The summed E-state index contributed by atoms with van der Waals surface area (Å²) in [6.07, 6.45) is 1.72. The molecule has 1 aromatic heterocycles. The molecule has 1 atom stereocenters. The van der Waals surface area contributed by atoms with Crippen LogP contribution < -0.4 is 0 Å². The van der Waals surface area contributed by atoms with Crippen LogP contribution in [-0.4, -0.2) is 40.6 Å². The lowest BCUT2D eigenvalue weighted by Crippen LogP contribution is -2.35. The molecule has 1 heterocycles. The molecule has 0 saturated carbocycles. The summed E-state index contributed by atoms with van der Waals surface area (Å²) < 4.78 is 0. The van der Waals surface area contributed by atoms with Gasteiger partial charge in [-0.25, -0.2) is 0 Å². The van der Waals surface area contributed by atoms with Crippen molar-refractivity contribution in [2.45, 2.75) is 19.4 Å². The molecule has 0 aromatic carbocycles. The molecule has 14 heavy (non-hydrogen) atoms. The molecule has 1 amide bonds. The van der Waals surface area contributed by atoms with E-state index in [1.807, 2.05) is 18.3 Å². The number of nitrogens with zero attached hydrogens (tertiary/aromatic N) is 1. The van der Waals surface area contributed by atoms with E-state index in [4.69, 9.17) is 5.11 Å². The van der Waals surface area contributed by atoms with Gasteiger partial charge in [0, 0.05) is 31.9 Å². The van der Waals surface area contributed by atoms with Gasteiger partial charge in [0.15, 0.2) is 0 Å². The molecule has 1 aromatic rings. The molecule has 78 valence electrons. The second-order valence-electron chi connectivity index (χ2n) is 3.38. The van der Waals surface area contributed by atoms with Crippen molar-refractivity contribution in [2.75, 3.05) is 13.6 Å². The van der Waals surface area contributed by atoms with Crippen LogP contribution in [0, 0.1) is 0 Å². The summed E-state index contributed by atoms with van der Waals surface area (Å²) in [4.78, 5) is 15.9. The third-order valence-corrected chi connectivity index (χ3v) is 2.11. The number of hydrogen-bond donors (Lipinski definition) is 2. The lowest BCUT2D eigenvalue weighted by atomic mass is 10.3. The van der Waals surface area contributed by atoms with Gasteiger partial charge < -0.3 is 15.0 Å². The van der Waals surface area contributed by atoms with E-state index < -0.39 is 6.10 Å². The number of nitrogens with one attached hydrogen (secondary N) is 1. The predicted molar refractivity (Wildman–Crippen MR) is 53.8 cm³/mol. The zero-order valence-corrected chi connectivity index (χ0v) is 8.53. The molecular formula is C10H16N2O2. The molecule has 4 heteroatoms. The standard InChI is InChI=1S/C10H16N2O2/c1-8(13)10(14)12(2)7-5-9-4-3-6-11-9/h3-4,6,8,11,13H,5,7H2,1-2H3. The molecule has 0 spiro atoms. The van der Waals surface area contributed by atoms with Crippen molar-refractivity contribution in [3.8, 4) is 0 Å². The number of aliphatic hydroxyl groups is 1. The van der Waals surface area contributed by atoms with Crippen LogP contribution >= 0.6 is 0 Å². The third-order valence-electron chi connectivity index (χ3n) is 2.11. The van der Waals surface area contributed by atoms with Crippen LogP contribution in [-0.2, 0) is 11.2 Å². The maximum atomic E-state index is 11.3. The number of aliphatic hydroxyl groups excluding tert-OH is 1. The second kappa shape index (κ2) is 4.81. The van der Waals surface area contributed by atoms with E-state index in [9.17, 15) is 4.79 Å². The number of carbonyl (C=O) groups is 1. The zero-order valence-electron chi connectivity index (χ0n) is 8.53. The SMILES string of the molecule is CC(O)C(=O)N(C)CCc1ccc[nH]1. The van der Waals surface area contributed by atoms with Crippen molar-refractivity contribution in [3.63, 3.8) is 0 Å². The fourth-order valence-electron chi connectivity index (χ4n) is 1.24. The highest BCUT2D eigenvalue weighted by atomic mass is 16.3. The number of aromatic amines is 1. The van der Waals surface area contributed by atoms with Gasteiger partial charge in [0.2, 0.25) is 0 Å². The first kappa shape index (κ1) is 10.8. The van der Waals surface area contributed by atoms with Gasteiger partial charge in [0.25, 0.3) is 5.91 Å². The smallest absolute Gasteiger partial charge is 0.250 e. The van der Waals surface area contributed by atoms with Crippen LogP contribution in [0.25, 0.3) is 0 Å². The van der Waals surface area contributed by atoms with Gasteiger partial charge in [-0.3, -0.25) is 4.79 Å². The van der Waals surface area contributed by atoms with Gasteiger partial charge in [-0.05, 0) is 19.1 Å². The molecule has 0 bridgehead atoms. The van der Waals surface area contributed by atoms with Crippen LogP contribution in [0.4, 0.5) is 0 Å². The minimum Gasteiger partial charge on any atom is -0.384 e. The number of aromatic nitrogens is 1. The Labute approximate surface area is 83.5 Å². The Balaban J connectivity index is 2.35. The van der Waals surface area contributed by atoms with Gasteiger partial charge in [0.1, 0.15) is 6.10 Å². The van der Waals surface area contributed by atoms with Gasteiger partial charge in [-0.1, -0.05) is 0 Å². The Morgan fingerprint density at radius 2 is 2.43 bits per heavy atom. The van der Waals surface area contributed by atoms with E-state index in [-0.39, 0.29) is 5.91 Å². The molecule has 2 N–H and O–H groups in total. The van der Waals surface area contributed by atoms with Crippen molar-refractivity contribution < 1.29 is 9.90 Å². The highest BCUT2D eigenvalue weighted by Gasteiger charge is 2.13. The fourth-order valence-corrected chi connectivity index (χ4v) is 1.24. The van der Waals surface area contributed by atoms with Gasteiger partial charge in [-0.15, -0.1) is 0 Å². The summed E-state index contributed by atoms with van der Waals surface area (Å²) in [5, 5.41) is 9.05. The maximum absolute atomic E-state index is 11.3. The van der Waals surface area contributed by atoms with E-state index in [0.717, 1.165) is 12.1 Å². The minimum atomic E-state index is -0.913. The van der Waals surface area contributed by atoms with Crippen molar-refractivity contribution in [1.82, 2.24) is 9.88 Å². The Morgan fingerprint density at radius 1 is 1.71 bits per heavy atom. The highest BCUT2D eigenvalue weighted by Crippen LogP contribution is 1.98. The number of carbonyl (C=O) groups excluding carboxylic acids is 1. The summed E-state index contributed by atoms with van der Waals surface area (Å²) in [6.45, 7) is 2.09. The molecule has 1 unspecified atom stereocenters. The molecule has 0 radical (unpaired) electrons. The van der Waals surface area contributed by atoms with E-state index in [0.29, 0.717) is 6.54 Å². The average molecular weight is 196 g/mol. The van der Waals surface area contributed by atoms with Crippen molar-refractivity contribution in [1.29, 1.82) is 0 Å². The first-order chi connectivity index (χ1) is 6.61. The lowest BCUT2D eigenvalue weighted by Gasteiger charge is -2.18. The summed E-state index contributed by atoms with van der Waals surface area (Å²) in [6, 6.07) is 3.90. The fraction of sp³-hybridized carbons (Fsp3) is 0.500. The molecule has 0 fully saturated rings. The highest BCUT2D eigenvalue weighted by molar-refractivity contribution is 5.79. The van der Waals surface area contributed by atoms with Crippen LogP contribution in [0.15, 0.2) is 18.3 Å². The average Bonchev–Trinajstić information content (AvgIpc) is 2.65. The molecule has 4 nitrogen and oxygen atoms in total. The van der Waals surface area contributed by atoms with Gasteiger partial charge >= 0.3 is 0 Å². The molecule has 0 aliphatic rings. The summed E-state index contributed by atoms with van der Waals surface area (Å²) >= 11 is 0. The summed E-state index contributed by atoms with van der Waals surface area (Å²) in [5.41, 5.74) is 1.09. The first-order valence-electron chi connectivity index (χ1n) is 4.66. The monoisotopic (exact) mass is 196 g/mol. The Bertz CT molecular complexity index is 280. The third kappa shape index (κ3) is 2.88. The van der Waals surface area contributed by atoms with Crippen LogP contribution in [0.3, 0.4) is 0 Å². The number of hydrogen-bond acceptors (Lipinski definition) is 2. The molecule has 0 aliphatic heterocycles. The van der Waals surface area contributed by atoms with Crippen LogP contribution in [0.2, 0.25) is 0 Å². The quantitative estimate of drug-likeness (QED) is 0.732. The number of rotatable bonds is 4. The Kier molecular flexibility index (Phi) is 3.71. The second-order valence-corrected chi connectivity index (χ2v) is 3.38. The molecular weight excluding hydrogens is 180 g/mol. The molecule has 1 rings (SSSR count). The zero-order chi connectivity index (χ0) is 10.6. The maximum Gasteiger partial charge on any atom is 0.250 e. The number of amides is 1. The van der Waals surface area contributed by atoms with Crippen LogP contribution in [0.1, 0.15) is 12.6 Å². The summed E-state index contributed by atoms with van der Waals surface area (Å²) in [7, 11) is 1.69. The van der Waals surface area contributed by atoms with Gasteiger partial charge in [0.05, 0.1) is 0 Å². The number of likely N-dealkylation sites (N-methyl/N-ethyl adjacent to an activating group) is 1. The summed E-state index contributed by atoms with van der Waals surface area (Å²) in [5.74, 6) is -0.239. The van der Waals surface area contributed by atoms with E-state index in [2.05, 4.69) is 4.98 Å². The topological polar surface area (TPSA) is 56.3 Å². The van der Waals surface area contributed by atoms with E-state index >= 15 is 0 Å². The van der Waals surface area contributed by atoms with E-state index in [1.54, 1.807) is 7.05 Å². The largest absolute Gasteiger partial charge is 0.384 e.